The second kappa shape index (κ2) is 8.00. The van der Waals surface area contributed by atoms with Gasteiger partial charge in [0.2, 0.25) is 0 Å². The average molecular weight is 399 g/mol. The van der Waals surface area contributed by atoms with Crippen LogP contribution in [0.25, 0.3) is 17.2 Å². The summed E-state index contributed by atoms with van der Waals surface area (Å²) in [7, 11) is 1.78. The first kappa shape index (κ1) is 19.5. The lowest BCUT2D eigenvalue weighted by Crippen LogP contribution is -2.31. The molecule has 3 aliphatic carbocycles. The van der Waals surface area contributed by atoms with Crippen molar-refractivity contribution in [1.29, 1.82) is 5.26 Å². The second-order valence-electron chi connectivity index (χ2n) is 9.21. The summed E-state index contributed by atoms with van der Waals surface area (Å²) >= 11 is 0. The van der Waals surface area contributed by atoms with E-state index in [1.165, 1.54) is 65.6 Å². The molecule has 0 saturated heterocycles. The van der Waals surface area contributed by atoms with Gasteiger partial charge in [-0.05, 0) is 67.2 Å². The van der Waals surface area contributed by atoms with Crippen LogP contribution in [0, 0.1) is 11.3 Å². The number of rotatable bonds is 4. The number of allylic oxidation sites excluding steroid dienone is 1. The fraction of sp³-hybridized carbons (Fsp3) is 0.481. The lowest BCUT2D eigenvalue weighted by Gasteiger charge is -2.31. The number of fused-ring (bicyclic) bond motifs is 2. The molecule has 1 saturated carbocycles. The van der Waals surface area contributed by atoms with Gasteiger partial charge in [0.25, 0.3) is 0 Å². The Morgan fingerprint density at radius 3 is 2.73 bits per heavy atom. The summed E-state index contributed by atoms with van der Waals surface area (Å²) in [6.07, 6.45) is 15.6. The zero-order valence-electron chi connectivity index (χ0n) is 18.0. The Bertz CT molecular complexity index is 1040. The molecule has 3 nitrogen and oxygen atoms in total. The van der Waals surface area contributed by atoms with Crippen molar-refractivity contribution in [3.63, 3.8) is 0 Å². The van der Waals surface area contributed by atoms with Crippen LogP contribution in [-0.4, -0.2) is 18.7 Å². The Balaban J connectivity index is 1.82. The molecular weight excluding hydrogens is 368 g/mol. The summed E-state index contributed by atoms with van der Waals surface area (Å²) in [6, 6.07) is 9.24. The molecule has 0 spiro atoms. The van der Waals surface area contributed by atoms with Crippen LogP contribution in [0.5, 0.6) is 0 Å². The van der Waals surface area contributed by atoms with Gasteiger partial charge >= 0.3 is 0 Å². The van der Waals surface area contributed by atoms with E-state index < -0.39 is 0 Å². The number of methoxy groups -OCH3 is 1. The van der Waals surface area contributed by atoms with Crippen LogP contribution >= 0.6 is 0 Å². The Hall–Kier alpha value is -2.44. The fourth-order valence-corrected chi connectivity index (χ4v) is 6.00. The SMILES string of the molecule is COCC1(c2nc3c(c(-c4cccc5c4C=CC5)c2C#N)CCCCC3)CCCC1. The van der Waals surface area contributed by atoms with Crippen molar-refractivity contribution >= 4 is 6.08 Å². The van der Waals surface area contributed by atoms with Gasteiger partial charge in [-0.25, -0.2) is 0 Å². The zero-order chi connectivity index (χ0) is 20.6. The lowest BCUT2D eigenvalue weighted by atomic mass is 9.77. The molecule has 30 heavy (non-hydrogen) atoms. The molecule has 0 atom stereocenters. The zero-order valence-corrected chi connectivity index (χ0v) is 18.0. The first-order chi connectivity index (χ1) is 14.8. The maximum Gasteiger partial charge on any atom is 0.102 e. The Labute approximate surface area is 179 Å². The van der Waals surface area contributed by atoms with Crippen LogP contribution in [0.15, 0.2) is 24.3 Å². The molecule has 0 aliphatic heterocycles. The number of hydrogen-bond acceptors (Lipinski definition) is 3. The van der Waals surface area contributed by atoms with Gasteiger partial charge in [0.1, 0.15) is 6.07 Å². The van der Waals surface area contributed by atoms with Gasteiger partial charge in [-0.2, -0.15) is 5.26 Å². The quantitative estimate of drug-likeness (QED) is 0.601. The highest BCUT2D eigenvalue weighted by molar-refractivity contribution is 5.85. The molecule has 1 aromatic carbocycles. The number of aryl methyl sites for hydroxylation is 1. The summed E-state index contributed by atoms with van der Waals surface area (Å²) in [5.74, 6) is 0. The number of ether oxygens (including phenoxy) is 1. The highest BCUT2D eigenvalue weighted by atomic mass is 16.5. The van der Waals surface area contributed by atoms with E-state index in [1.54, 1.807) is 7.11 Å². The molecule has 154 valence electrons. The first-order valence-electron chi connectivity index (χ1n) is 11.5. The number of nitriles is 1. The predicted molar refractivity (Wildman–Crippen MR) is 120 cm³/mol. The summed E-state index contributed by atoms with van der Waals surface area (Å²) in [5.41, 5.74) is 9.32. The number of hydrogen-bond donors (Lipinski definition) is 0. The van der Waals surface area contributed by atoms with Crippen molar-refractivity contribution < 1.29 is 4.74 Å². The molecule has 5 rings (SSSR count). The van der Waals surface area contributed by atoms with Crippen LogP contribution < -0.4 is 0 Å². The Kier molecular flexibility index (Phi) is 5.21. The smallest absolute Gasteiger partial charge is 0.102 e. The lowest BCUT2D eigenvalue weighted by molar-refractivity contribution is 0.129. The molecule has 1 aromatic heterocycles. The first-order valence-corrected chi connectivity index (χ1v) is 11.5. The number of aromatic nitrogens is 1. The van der Waals surface area contributed by atoms with Gasteiger partial charge in [0.05, 0.1) is 17.9 Å². The highest BCUT2D eigenvalue weighted by Gasteiger charge is 2.41. The Morgan fingerprint density at radius 2 is 1.93 bits per heavy atom. The minimum Gasteiger partial charge on any atom is -0.384 e. The molecule has 0 N–H and O–H groups in total. The van der Waals surface area contributed by atoms with Crippen LogP contribution in [0.2, 0.25) is 0 Å². The second-order valence-corrected chi connectivity index (χ2v) is 9.21. The van der Waals surface area contributed by atoms with Crippen LogP contribution in [0.4, 0.5) is 0 Å². The number of benzene rings is 1. The van der Waals surface area contributed by atoms with Crippen LogP contribution in [0.1, 0.15) is 78.6 Å². The van der Waals surface area contributed by atoms with Crippen molar-refractivity contribution in [2.24, 2.45) is 0 Å². The fourth-order valence-electron chi connectivity index (χ4n) is 6.00. The van der Waals surface area contributed by atoms with E-state index in [2.05, 4.69) is 36.4 Å². The van der Waals surface area contributed by atoms with Gasteiger partial charge in [0, 0.05) is 23.8 Å². The normalized spacial score (nSPS) is 19.2. The molecule has 0 bridgehead atoms. The molecule has 0 amide bonds. The van der Waals surface area contributed by atoms with Crippen LogP contribution in [0.3, 0.4) is 0 Å². The van der Waals surface area contributed by atoms with Crippen molar-refractivity contribution in [3.8, 4) is 17.2 Å². The molecule has 0 unspecified atom stereocenters. The third-order valence-electron chi connectivity index (χ3n) is 7.41. The van der Waals surface area contributed by atoms with E-state index in [0.29, 0.717) is 6.61 Å². The molecule has 3 heteroatoms. The van der Waals surface area contributed by atoms with Gasteiger partial charge in [0.15, 0.2) is 0 Å². The van der Waals surface area contributed by atoms with Gasteiger partial charge in [-0.15, -0.1) is 0 Å². The minimum absolute atomic E-state index is 0.121. The number of pyridine rings is 1. The third kappa shape index (κ3) is 3.10. The topological polar surface area (TPSA) is 45.9 Å². The van der Waals surface area contributed by atoms with E-state index in [4.69, 9.17) is 9.72 Å². The molecular formula is C27H30N2O. The summed E-state index contributed by atoms with van der Waals surface area (Å²) in [4.78, 5) is 5.28. The molecule has 2 aromatic rings. The largest absolute Gasteiger partial charge is 0.384 e. The van der Waals surface area contributed by atoms with Crippen molar-refractivity contribution in [2.75, 3.05) is 13.7 Å². The monoisotopic (exact) mass is 398 g/mol. The summed E-state index contributed by atoms with van der Waals surface area (Å²) in [6.45, 7) is 0.652. The molecule has 1 heterocycles. The minimum atomic E-state index is -0.121. The van der Waals surface area contributed by atoms with E-state index in [0.717, 1.165) is 43.4 Å². The van der Waals surface area contributed by atoms with E-state index in [9.17, 15) is 5.26 Å². The summed E-state index contributed by atoms with van der Waals surface area (Å²) in [5, 5.41) is 10.5. The molecule has 1 fully saturated rings. The Morgan fingerprint density at radius 1 is 1.10 bits per heavy atom. The molecule has 3 aliphatic rings. The van der Waals surface area contributed by atoms with Gasteiger partial charge in [-0.1, -0.05) is 49.6 Å². The van der Waals surface area contributed by atoms with E-state index in [1.807, 2.05) is 0 Å². The maximum absolute atomic E-state index is 10.5. The van der Waals surface area contributed by atoms with Crippen molar-refractivity contribution in [3.05, 3.63) is 57.9 Å². The van der Waals surface area contributed by atoms with E-state index >= 15 is 0 Å². The van der Waals surface area contributed by atoms with Crippen molar-refractivity contribution in [2.45, 2.75) is 69.6 Å². The average Bonchev–Trinajstić information content (AvgIpc) is 3.38. The number of nitrogens with zero attached hydrogens (tertiary/aromatic N) is 2. The van der Waals surface area contributed by atoms with Crippen molar-refractivity contribution in [1.82, 2.24) is 4.98 Å². The standard InChI is InChI=1S/C27H30N2O/c1-30-18-27(15-5-6-16-27)26-23(17-28)25(22-11-3-2-4-14-24(22)29-26)21-13-8-10-19-9-7-12-20(19)21/h7-8,10,12-13H,2-6,9,11,14-16,18H2,1H3. The van der Waals surface area contributed by atoms with Crippen LogP contribution in [-0.2, 0) is 29.4 Å². The van der Waals surface area contributed by atoms with E-state index in [-0.39, 0.29) is 5.41 Å². The third-order valence-corrected chi connectivity index (χ3v) is 7.41. The maximum atomic E-state index is 10.5. The molecule has 0 radical (unpaired) electrons. The van der Waals surface area contributed by atoms with Gasteiger partial charge in [-0.3, -0.25) is 4.98 Å². The van der Waals surface area contributed by atoms with Gasteiger partial charge < -0.3 is 4.74 Å². The highest BCUT2D eigenvalue weighted by Crippen LogP contribution is 2.46. The summed E-state index contributed by atoms with van der Waals surface area (Å²) < 4.78 is 5.71. The predicted octanol–water partition coefficient (Wildman–Crippen LogP) is 5.92.